The lowest BCUT2D eigenvalue weighted by Gasteiger charge is -2.14. The molecule has 1 aliphatic heterocycles. The molecule has 1 aromatic heterocycles. The first-order valence-electron chi connectivity index (χ1n) is 8.89. The quantitative estimate of drug-likeness (QED) is 0.688. The number of nitriles is 1. The van der Waals surface area contributed by atoms with E-state index in [1.807, 2.05) is 29.6 Å². The van der Waals surface area contributed by atoms with E-state index in [4.69, 9.17) is 15.1 Å². The van der Waals surface area contributed by atoms with Crippen LogP contribution in [0.15, 0.2) is 47.8 Å². The highest BCUT2D eigenvalue weighted by Crippen LogP contribution is 2.31. The number of ether oxygens (including phenoxy) is 1. The highest BCUT2D eigenvalue weighted by molar-refractivity contribution is 7.13. The van der Waals surface area contributed by atoms with Crippen LogP contribution in [0, 0.1) is 17.1 Å². The maximum atomic E-state index is 14.7. The van der Waals surface area contributed by atoms with Crippen molar-refractivity contribution >= 4 is 23.1 Å². The Balaban J connectivity index is 1.55. The summed E-state index contributed by atoms with van der Waals surface area (Å²) in [5.41, 5.74) is 3.13. The van der Waals surface area contributed by atoms with E-state index in [-0.39, 0.29) is 19.6 Å². The molecule has 8 heteroatoms. The van der Waals surface area contributed by atoms with Crippen LogP contribution in [-0.4, -0.2) is 35.4 Å². The molecule has 0 aliphatic carbocycles. The minimum absolute atomic E-state index is 0.185. The van der Waals surface area contributed by atoms with Crippen LogP contribution in [-0.2, 0) is 11.2 Å². The highest BCUT2D eigenvalue weighted by atomic mass is 32.1. The largest absolute Gasteiger partial charge is 0.441 e. The molecule has 1 atom stereocenters. The van der Waals surface area contributed by atoms with Gasteiger partial charge in [-0.1, -0.05) is 24.3 Å². The summed E-state index contributed by atoms with van der Waals surface area (Å²) in [6, 6.07) is 14.0. The standard InChI is InChI=1S/C21H16FN3O3S/c22-19-9-16(25-10-17(11-26)28-21(25)27)5-6-18(19)13-1-3-14(4-2-13)20-24-15(7-8-23)12-29-20/h1-6,9,12,17,26H,7,10-11H2. The molecule has 3 aromatic rings. The van der Waals surface area contributed by atoms with Gasteiger partial charge in [0.05, 0.1) is 37.0 Å². The van der Waals surface area contributed by atoms with Crippen molar-refractivity contribution in [3.63, 3.8) is 0 Å². The normalized spacial score (nSPS) is 16.0. The van der Waals surface area contributed by atoms with E-state index < -0.39 is 18.0 Å². The molecule has 0 radical (unpaired) electrons. The number of benzene rings is 2. The summed E-state index contributed by atoms with van der Waals surface area (Å²) in [5.74, 6) is -0.457. The van der Waals surface area contributed by atoms with Crippen LogP contribution >= 0.6 is 11.3 Å². The van der Waals surface area contributed by atoms with Crippen LogP contribution in [0.2, 0.25) is 0 Å². The van der Waals surface area contributed by atoms with E-state index in [0.717, 1.165) is 16.3 Å². The summed E-state index contributed by atoms with van der Waals surface area (Å²) < 4.78 is 19.7. The van der Waals surface area contributed by atoms with E-state index >= 15 is 0 Å². The van der Waals surface area contributed by atoms with Crippen LogP contribution < -0.4 is 4.90 Å². The lowest BCUT2D eigenvalue weighted by molar-refractivity contribution is 0.0963. The van der Waals surface area contributed by atoms with Crippen molar-refractivity contribution in [1.82, 2.24) is 4.98 Å². The molecule has 1 N–H and O–H groups in total. The Labute approximate surface area is 170 Å². The third-order valence-electron chi connectivity index (χ3n) is 4.60. The second kappa shape index (κ2) is 7.99. The van der Waals surface area contributed by atoms with E-state index in [2.05, 4.69) is 11.1 Å². The topological polar surface area (TPSA) is 86.5 Å². The molecule has 0 spiro atoms. The van der Waals surface area contributed by atoms with Gasteiger partial charge in [0.2, 0.25) is 0 Å². The molecule has 1 aliphatic rings. The Morgan fingerprint density at radius 2 is 2.03 bits per heavy atom. The van der Waals surface area contributed by atoms with Gasteiger partial charge in [0.15, 0.2) is 0 Å². The maximum absolute atomic E-state index is 14.7. The number of hydrogen-bond donors (Lipinski definition) is 1. The first-order valence-corrected chi connectivity index (χ1v) is 9.77. The van der Waals surface area contributed by atoms with Crippen molar-refractivity contribution < 1.29 is 19.0 Å². The zero-order valence-corrected chi connectivity index (χ0v) is 16.0. The zero-order valence-electron chi connectivity index (χ0n) is 15.2. The number of anilines is 1. The third-order valence-corrected chi connectivity index (χ3v) is 5.54. The minimum atomic E-state index is -0.600. The zero-order chi connectivity index (χ0) is 20.4. The Kier molecular flexibility index (Phi) is 5.25. The number of carbonyl (C=O) groups excluding carboxylic acids is 1. The second-order valence-electron chi connectivity index (χ2n) is 6.52. The summed E-state index contributed by atoms with van der Waals surface area (Å²) in [7, 11) is 0. The first kappa shape index (κ1) is 19.1. The van der Waals surface area contributed by atoms with Crippen LogP contribution in [0.4, 0.5) is 14.9 Å². The number of halogens is 1. The molecule has 2 heterocycles. The fourth-order valence-electron chi connectivity index (χ4n) is 3.13. The summed E-state index contributed by atoms with van der Waals surface area (Å²) in [6.45, 7) is -0.0866. The molecule has 6 nitrogen and oxygen atoms in total. The lowest BCUT2D eigenvalue weighted by atomic mass is 10.0. The molecule has 2 aromatic carbocycles. The van der Waals surface area contributed by atoms with Crippen molar-refractivity contribution in [2.75, 3.05) is 18.1 Å². The number of carbonyl (C=O) groups is 1. The molecule has 0 bridgehead atoms. The number of aliphatic hydroxyl groups is 1. The van der Waals surface area contributed by atoms with Gasteiger partial charge in [-0.25, -0.2) is 14.2 Å². The Hall–Kier alpha value is -3.28. The van der Waals surface area contributed by atoms with E-state index in [1.165, 1.54) is 22.3 Å². The number of aliphatic hydroxyl groups excluding tert-OH is 1. The Morgan fingerprint density at radius 3 is 2.69 bits per heavy atom. The molecular weight excluding hydrogens is 393 g/mol. The van der Waals surface area contributed by atoms with Gasteiger partial charge in [-0.2, -0.15) is 5.26 Å². The molecule has 4 rings (SSSR count). The lowest BCUT2D eigenvalue weighted by Crippen LogP contribution is -2.25. The molecule has 1 fully saturated rings. The van der Waals surface area contributed by atoms with Gasteiger partial charge in [0.25, 0.3) is 0 Å². The van der Waals surface area contributed by atoms with Gasteiger partial charge in [-0.05, 0) is 23.8 Å². The molecule has 1 saturated heterocycles. The second-order valence-corrected chi connectivity index (χ2v) is 7.38. The van der Waals surface area contributed by atoms with Crippen molar-refractivity contribution in [1.29, 1.82) is 5.26 Å². The van der Waals surface area contributed by atoms with Crippen LogP contribution in [0.5, 0.6) is 0 Å². The summed E-state index contributed by atoms with van der Waals surface area (Å²) in [6.07, 6.45) is -0.924. The fraction of sp³-hybridized carbons (Fsp3) is 0.190. The Bertz CT molecular complexity index is 1090. The molecule has 0 saturated carbocycles. The van der Waals surface area contributed by atoms with Gasteiger partial charge >= 0.3 is 6.09 Å². The maximum Gasteiger partial charge on any atom is 0.414 e. The third kappa shape index (κ3) is 3.83. The Morgan fingerprint density at radius 1 is 1.28 bits per heavy atom. The highest BCUT2D eigenvalue weighted by Gasteiger charge is 2.32. The van der Waals surface area contributed by atoms with Crippen LogP contribution in [0.3, 0.4) is 0 Å². The number of hydrogen-bond acceptors (Lipinski definition) is 6. The molecule has 29 heavy (non-hydrogen) atoms. The first-order chi connectivity index (χ1) is 14.1. The summed E-state index contributed by atoms with van der Waals surface area (Å²) in [5, 5.41) is 20.6. The van der Waals surface area contributed by atoms with Crippen molar-refractivity contribution in [3.8, 4) is 27.8 Å². The SMILES string of the molecule is N#CCc1csc(-c2ccc(-c3ccc(N4CC(CO)OC4=O)cc3F)cc2)n1. The number of rotatable bonds is 5. The number of amides is 1. The summed E-state index contributed by atoms with van der Waals surface area (Å²) in [4.78, 5) is 17.6. The monoisotopic (exact) mass is 409 g/mol. The number of cyclic esters (lactones) is 1. The van der Waals surface area contributed by atoms with Crippen LogP contribution in [0.25, 0.3) is 21.7 Å². The van der Waals surface area contributed by atoms with Gasteiger partial charge in [-0.3, -0.25) is 4.90 Å². The smallest absolute Gasteiger partial charge is 0.414 e. The predicted octanol–water partition coefficient (Wildman–Crippen LogP) is 4.00. The van der Waals surface area contributed by atoms with Gasteiger partial charge in [-0.15, -0.1) is 11.3 Å². The van der Waals surface area contributed by atoms with E-state index in [9.17, 15) is 9.18 Å². The van der Waals surface area contributed by atoms with E-state index in [0.29, 0.717) is 16.8 Å². The number of thiazole rings is 1. The van der Waals surface area contributed by atoms with Crippen molar-refractivity contribution in [2.45, 2.75) is 12.5 Å². The predicted molar refractivity (Wildman–Crippen MR) is 107 cm³/mol. The fourth-order valence-corrected chi connectivity index (χ4v) is 3.95. The molecular formula is C21H16FN3O3S. The molecule has 1 unspecified atom stereocenters. The van der Waals surface area contributed by atoms with Crippen molar-refractivity contribution in [3.05, 3.63) is 59.4 Å². The average Bonchev–Trinajstić information content (AvgIpc) is 3.35. The van der Waals surface area contributed by atoms with E-state index in [1.54, 1.807) is 12.1 Å². The average molecular weight is 409 g/mol. The number of aromatic nitrogens is 1. The molecule has 146 valence electrons. The van der Waals surface area contributed by atoms with Gasteiger partial charge < -0.3 is 9.84 Å². The minimum Gasteiger partial charge on any atom is -0.441 e. The van der Waals surface area contributed by atoms with Gasteiger partial charge in [0, 0.05) is 16.5 Å². The van der Waals surface area contributed by atoms with Gasteiger partial charge in [0.1, 0.15) is 16.9 Å². The van der Waals surface area contributed by atoms with Crippen molar-refractivity contribution in [2.24, 2.45) is 0 Å². The van der Waals surface area contributed by atoms with Crippen LogP contribution in [0.1, 0.15) is 5.69 Å². The number of nitrogens with zero attached hydrogens (tertiary/aromatic N) is 3. The summed E-state index contributed by atoms with van der Waals surface area (Å²) >= 11 is 1.46. The molecule has 1 amide bonds.